The van der Waals surface area contributed by atoms with Gasteiger partial charge >= 0.3 is 0 Å². The monoisotopic (exact) mass is 300 g/mol. The lowest BCUT2D eigenvalue weighted by Crippen LogP contribution is -2.13. The molecule has 110 valence electrons. The molecule has 0 atom stereocenters. The number of phenols is 1. The minimum Gasteiger partial charge on any atom is -0.508 e. The van der Waals surface area contributed by atoms with Crippen LogP contribution in [0.3, 0.4) is 0 Å². The highest BCUT2D eigenvalue weighted by Gasteiger charge is 2.17. The maximum Gasteiger partial charge on any atom is 0.264 e. The van der Waals surface area contributed by atoms with Gasteiger partial charge in [-0.1, -0.05) is 18.2 Å². The molecule has 2 aromatic heterocycles. The normalized spacial score (nSPS) is 12.0. The van der Waals surface area contributed by atoms with E-state index < -0.39 is 0 Å². The molecule has 0 saturated heterocycles. The molecule has 0 fully saturated rings. The van der Waals surface area contributed by atoms with E-state index in [4.69, 9.17) is 0 Å². The summed E-state index contributed by atoms with van der Waals surface area (Å²) in [6.07, 6.45) is 0. The Hall–Kier alpha value is -3.14. The molecule has 0 aliphatic carbocycles. The number of imidazole rings is 1. The number of para-hydroxylation sites is 2. The summed E-state index contributed by atoms with van der Waals surface area (Å²) >= 11 is 0. The Morgan fingerprint density at radius 3 is 2.65 bits per heavy atom. The van der Waals surface area contributed by atoms with Crippen LogP contribution < -0.4 is 5.56 Å². The van der Waals surface area contributed by atoms with Gasteiger partial charge in [-0.3, -0.25) is 9.20 Å². The second-order valence-corrected chi connectivity index (χ2v) is 5.91. The molecule has 1 N–H and O–H groups in total. The van der Waals surface area contributed by atoms with E-state index in [1.807, 2.05) is 43.3 Å². The first-order chi connectivity index (χ1) is 11.1. The maximum atomic E-state index is 13.0. The minimum absolute atomic E-state index is 0.0723. The standard InChI is InChI=1S/C19H12N2O2/c1-10-6-7-12-17-13(10)8-11(22)9-14(17)18-20-15-4-2-3-5-16(15)21(18)19(12)23/h2-9,22H,1H3. The van der Waals surface area contributed by atoms with Crippen LogP contribution in [0.25, 0.3) is 38.2 Å². The number of aromatic nitrogens is 2. The Morgan fingerprint density at radius 2 is 1.78 bits per heavy atom. The summed E-state index contributed by atoms with van der Waals surface area (Å²) < 4.78 is 1.64. The Kier molecular flexibility index (Phi) is 2.15. The van der Waals surface area contributed by atoms with Crippen molar-refractivity contribution < 1.29 is 5.11 Å². The smallest absolute Gasteiger partial charge is 0.264 e. The minimum atomic E-state index is -0.0723. The first-order valence-corrected chi connectivity index (χ1v) is 7.44. The molecule has 0 saturated carbocycles. The molecule has 5 rings (SSSR count). The van der Waals surface area contributed by atoms with Gasteiger partial charge < -0.3 is 5.11 Å². The summed E-state index contributed by atoms with van der Waals surface area (Å²) in [5.41, 5.74) is 3.11. The maximum absolute atomic E-state index is 13.0. The van der Waals surface area contributed by atoms with Gasteiger partial charge in [0, 0.05) is 16.2 Å². The molecule has 0 amide bonds. The fourth-order valence-corrected chi connectivity index (χ4v) is 3.50. The fourth-order valence-electron chi connectivity index (χ4n) is 3.50. The van der Waals surface area contributed by atoms with Crippen LogP contribution in [0.4, 0.5) is 0 Å². The van der Waals surface area contributed by atoms with Crippen molar-refractivity contribution >= 4 is 38.2 Å². The number of aromatic hydroxyl groups is 1. The number of rotatable bonds is 0. The molecular weight excluding hydrogens is 288 g/mol. The van der Waals surface area contributed by atoms with Crippen LogP contribution in [0.1, 0.15) is 5.56 Å². The topological polar surface area (TPSA) is 54.6 Å². The van der Waals surface area contributed by atoms with Gasteiger partial charge in [0.25, 0.3) is 5.56 Å². The molecule has 0 aliphatic rings. The molecular formula is C19H12N2O2. The van der Waals surface area contributed by atoms with E-state index >= 15 is 0 Å². The first-order valence-electron chi connectivity index (χ1n) is 7.44. The lowest BCUT2D eigenvalue weighted by atomic mass is 9.98. The number of aryl methyl sites for hydroxylation is 1. The Bertz CT molecular complexity index is 1300. The van der Waals surface area contributed by atoms with Gasteiger partial charge in [0.2, 0.25) is 0 Å². The molecule has 0 spiro atoms. The summed E-state index contributed by atoms with van der Waals surface area (Å²) in [6, 6.07) is 14.8. The van der Waals surface area contributed by atoms with Gasteiger partial charge in [-0.15, -0.1) is 0 Å². The van der Waals surface area contributed by atoms with Gasteiger partial charge in [0.1, 0.15) is 11.4 Å². The number of hydrogen-bond acceptors (Lipinski definition) is 3. The van der Waals surface area contributed by atoms with Crippen molar-refractivity contribution in [1.29, 1.82) is 0 Å². The summed E-state index contributed by atoms with van der Waals surface area (Å²) in [4.78, 5) is 17.7. The van der Waals surface area contributed by atoms with Crippen LogP contribution >= 0.6 is 0 Å². The van der Waals surface area contributed by atoms with Crippen molar-refractivity contribution in [2.75, 3.05) is 0 Å². The zero-order chi connectivity index (χ0) is 15.7. The highest BCUT2D eigenvalue weighted by atomic mass is 16.3. The van der Waals surface area contributed by atoms with Gasteiger partial charge in [-0.05, 0) is 48.2 Å². The third kappa shape index (κ3) is 1.45. The molecule has 4 nitrogen and oxygen atoms in total. The zero-order valence-electron chi connectivity index (χ0n) is 12.4. The second kappa shape index (κ2) is 3.98. The molecule has 5 aromatic rings. The van der Waals surface area contributed by atoms with Crippen molar-refractivity contribution in [3.63, 3.8) is 0 Å². The van der Waals surface area contributed by atoms with Gasteiger partial charge in [-0.25, -0.2) is 4.98 Å². The summed E-state index contributed by atoms with van der Waals surface area (Å²) in [5.74, 6) is 0.181. The number of benzene rings is 3. The van der Waals surface area contributed by atoms with E-state index in [2.05, 4.69) is 4.98 Å². The van der Waals surface area contributed by atoms with Crippen molar-refractivity contribution in [3.05, 3.63) is 64.4 Å². The largest absolute Gasteiger partial charge is 0.508 e. The number of pyridine rings is 1. The molecule has 23 heavy (non-hydrogen) atoms. The highest BCUT2D eigenvalue weighted by Crippen LogP contribution is 2.34. The number of fused-ring (bicyclic) bond motifs is 4. The lowest BCUT2D eigenvalue weighted by Gasteiger charge is -2.10. The van der Waals surface area contributed by atoms with Crippen LogP contribution in [0, 0.1) is 6.92 Å². The fraction of sp³-hybridized carbons (Fsp3) is 0.0526. The SMILES string of the molecule is Cc1ccc2c(=O)n3c4ccccc4nc3c3cc(O)cc1c23. The third-order valence-electron chi connectivity index (χ3n) is 4.55. The van der Waals surface area contributed by atoms with E-state index in [1.54, 1.807) is 16.5 Å². The van der Waals surface area contributed by atoms with Crippen molar-refractivity contribution in [3.8, 4) is 5.75 Å². The molecule has 0 radical (unpaired) electrons. The van der Waals surface area contributed by atoms with Crippen LogP contribution in [0.15, 0.2) is 53.3 Å². The first kappa shape index (κ1) is 12.4. The van der Waals surface area contributed by atoms with Gasteiger partial charge in [-0.2, -0.15) is 0 Å². The van der Waals surface area contributed by atoms with Gasteiger partial charge in [0.15, 0.2) is 0 Å². The Morgan fingerprint density at radius 1 is 1.00 bits per heavy atom. The predicted octanol–water partition coefficient (Wildman–Crippen LogP) is 3.61. The Balaban J connectivity index is 2.25. The summed E-state index contributed by atoms with van der Waals surface area (Å²) in [5, 5.41) is 13.3. The van der Waals surface area contributed by atoms with E-state index in [0.29, 0.717) is 11.0 Å². The second-order valence-electron chi connectivity index (χ2n) is 5.91. The summed E-state index contributed by atoms with van der Waals surface area (Å²) in [6.45, 7) is 1.98. The quantitative estimate of drug-likeness (QED) is 0.475. The molecule has 3 aromatic carbocycles. The van der Waals surface area contributed by atoms with E-state index in [0.717, 1.165) is 32.8 Å². The van der Waals surface area contributed by atoms with Crippen molar-refractivity contribution in [1.82, 2.24) is 9.38 Å². The van der Waals surface area contributed by atoms with E-state index in [9.17, 15) is 9.90 Å². The third-order valence-corrected chi connectivity index (χ3v) is 4.55. The van der Waals surface area contributed by atoms with Gasteiger partial charge in [0.05, 0.1) is 11.0 Å². The van der Waals surface area contributed by atoms with Crippen molar-refractivity contribution in [2.45, 2.75) is 6.92 Å². The highest BCUT2D eigenvalue weighted by molar-refractivity contribution is 6.16. The van der Waals surface area contributed by atoms with Crippen LogP contribution in [-0.2, 0) is 0 Å². The number of hydrogen-bond donors (Lipinski definition) is 1. The van der Waals surface area contributed by atoms with E-state index in [1.165, 1.54) is 0 Å². The van der Waals surface area contributed by atoms with Crippen LogP contribution in [-0.4, -0.2) is 14.5 Å². The van der Waals surface area contributed by atoms with Crippen LogP contribution in [0.2, 0.25) is 0 Å². The lowest BCUT2D eigenvalue weighted by molar-refractivity contribution is 0.477. The van der Waals surface area contributed by atoms with E-state index in [-0.39, 0.29) is 11.3 Å². The average molecular weight is 300 g/mol. The number of phenolic OH excluding ortho intramolecular Hbond substituents is 1. The van der Waals surface area contributed by atoms with Crippen molar-refractivity contribution in [2.24, 2.45) is 0 Å². The molecule has 4 heteroatoms. The molecule has 0 bridgehead atoms. The molecule has 0 aliphatic heterocycles. The Labute approximate surface area is 130 Å². The summed E-state index contributed by atoms with van der Waals surface area (Å²) in [7, 11) is 0. The molecule has 0 unspecified atom stereocenters. The average Bonchev–Trinajstić information content (AvgIpc) is 2.94. The number of nitrogens with zero attached hydrogens (tertiary/aromatic N) is 2. The molecule has 2 heterocycles. The predicted molar refractivity (Wildman–Crippen MR) is 91.6 cm³/mol. The zero-order valence-corrected chi connectivity index (χ0v) is 12.4. The van der Waals surface area contributed by atoms with Crippen LogP contribution in [0.5, 0.6) is 5.75 Å².